The number of carbonyl (C=O) groups is 1. The first-order valence-electron chi connectivity index (χ1n) is 12.5. The molecule has 0 spiro atoms. The van der Waals surface area contributed by atoms with Gasteiger partial charge >= 0.3 is 5.97 Å². The lowest BCUT2D eigenvalue weighted by Crippen LogP contribution is -2.37. The quantitative estimate of drug-likeness (QED) is 0.301. The molecule has 36 heavy (non-hydrogen) atoms. The molecular formula is C28H41NO5S2. The van der Waals surface area contributed by atoms with E-state index in [9.17, 15) is 13.9 Å². The van der Waals surface area contributed by atoms with Crippen LogP contribution in [0.3, 0.4) is 0 Å². The van der Waals surface area contributed by atoms with Crippen LogP contribution in [0.25, 0.3) is 0 Å². The first-order chi connectivity index (χ1) is 17.0. The highest BCUT2D eigenvalue weighted by Gasteiger charge is 2.42. The second-order valence-electron chi connectivity index (χ2n) is 10.1. The maximum atomic E-state index is 12.2. The zero-order chi connectivity index (χ0) is 26.6. The first-order valence-corrected chi connectivity index (χ1v) is 15.2. The van der Waals surface area contributed by atoms with E-state index in [2.05, 4.69) is 30.9 Å². The van der Waals surface area contributed by atoms with Crippen LogP contribution >= 0.6 is 22.4 Å². The summed E-state index contributed by atoms with van der Waals surface area (Å²) in [5, 5.41) is 0. The second kappa shape index (κ2) is 11.7. The molecular weight excluding hydrogens is 494 g/mol. The molecule has 2 N–H and O–H groups in total. The predicted molar refractivity (Wildman–Crippen MR) is 152 cm³/mol. The fourth-order valence-corrected chi connectivity index (χ4v) is 8.06. The average Bonchev–Trinajstić information content (AvgIpc) is 2.97. The Labute approximate surface area is 222 Å². The number of hydrogen-bond acceptors (Lipinski definition) is 7. The Balaban J connectivity index is 2.15. The molecule has 0 saturated heterocycles. The number of fused-ring (bicyclic) bond motifs is 1. The third-order valence-electron chi connectivity index (χ3n) is 7.15. The number of nitrogens with zero attached hydrogens (tertiary/aromatic N) is 1. The summed E-state index contributed by atoms with van der Waals surface area (Å²) in [6.07, 6.45) is 3.88. The predicted octanol–water partition coefficient (Wildman–Crippen LogP) is 7.73. The molecule has 8 heteroatoms. The van der Waals surface area contributed by atoms with E-state index in [1.807, 2.05) is 44.2 Å². The number of benzene rings is 2. The lowest BCUT2D eigenvalue weighted by atomic mass is 9.81. The highest BCUT2D eigenvalue weighted by atomic mass is 32.3. The molecule has 1 atom stereocenters. The van der Waals surface area contributed by atoms with Crippen LogP contribution < -0.4 is 9.64 Å². The maximum Gasteiger partial charge on any atom is 0.321 e. The van der Waals surface area contributed by atoms with Crippen molar-refractivity contribution in [1.82, 2.24) is 0 Å². The van der Waals surface area contributed by atoms with Crippen LogP contribution in [0.15, 0.2) is 47.4 Å². The van der Waals surface area contributed by atoms with Crippen molar-refractivity contribution in [3.05, 3.63) is 48.0 Å². The summed E-state index contributed by atoms with van der Waals surface area (Å²) in [7, 11) is -0.0760. The topological polar surface area (TPSA) is 79.2 Å². The maximum absolute atomic E-state index is 12.2. The molecule has 0 fully saturated rings. The first kappa shape index (κ1) is 28.7. The van der Waals surface area contributed by atoms with Crippen molar-refractivity contribution in [1.29, 1.82) is 0 Å². The molecule has 1 aliphatic rings. The van der Waals surface area contributed by atoms with Crippen molar-refractivity contribution in [3.8, 4) is 5.75 Å². The number of para-hydroxylation sites is 1. The van der Waals surface area contributed by atoms with Crippen LogP contribution in [-0.2, 0) is 15.3 Å². The molecule has 3 rings (SSSR count). The summed E-state index contributed by atoms with van der Waals surface area (Å²) in [6, 6.07) is 14.0. The van der Waals surface area contributed by atoms with E-state index < -0.39 is 15.3 Å². The van der Waals surface area contributed by atoms with Crippen LogP contribution in [-0.4, -0.2) is 46.3 Å². The molecule has 0 radical (unpaired) electrons. The molecule has 6 nitrogen and oxygen atoms in total. The van der Waals surface area contributed by atoms with E-state index in [0.29, 0.717) is 28.7 Å². The third-order valence-corrected chi connectivity index (χ3v) is 10.5. The van der Waals surface area contributed by atoms with Gasteiger partial charge in [-0.3, -0.25) is 13.9 Å². The van der Waals surface area contributed by atoms with Crippen molar-refractivity contribution in [2.45, 2.75) is 68.8 Å². The zero-order valence-corrected chi connectivity index (χ0v) is 24.0. The lowest BCUT2D eigenvalue weighted by Gasteiger charge is -2.41. The van der Waals surface area contributed by atoms with Gasteiger partial charge in [0.05, 0.1) is 24.8 Å². The Kier molecular flexibility index (Phi) is 9.30. The number of anilines is 2. The highest BCUT2D eigenvalue weighted by Crippen LogP contribution is 2.61. The Morgan fingerprint density at radius 1 is 1.17 bits per heavy atom. The number of hydrogen-bond donors (Lipinski definition) is 2. The lowest BCUT2D eigenvalue weighted by molar-refractivity contribution is -0.142. The molecule has 0 aliphatic carbocycles. The van der Waals surface area contributed by atoms with E-state index in [4.69, 9.17) is 9.47 Å². The number of rotatable bonds is 10. The van der Waals surface area contributed by atoms with Gasteiger partial charge in [0.1, 0.15) is 10.5 Å². The van der Waals surface area contributed by atoms with Crippen molar-refractivity contribution in [2.24, 2.45) is 5.41 Å². The average molecular weight is 536 g/mol. The van der Waals surface area contributed by atoms with Gasteiger partial charge in [0.2, 0.25) is 0 Å². The monoisotopic (exact) mass is 535 g/mol. The Bertz CT molecular complexity index is 1040. The number of methoxy groups -OCH3 is 2. The minimum atomic E-state index is -3.09. The number of unbranched alkanes of at least 4 members (excludes halogenated alkanes) is 1. The van der Waals surface area contributed by atoms with Crippen molar-refractivity contribution in [3.63, 3.8) is 0 Å². The molecule has 2 aromatic rings. The van der Waals surface area contributed by atoms with Gasteiger partial charge in [-0.05, 0) is 44.9 Å². The molecule has 1 heterocycles. The molecule has 0 saturated carbocycles. The van der Waals surface area contributed by atoms with Gasteiger partial charge in [-0.1, -0.05) is 44.9 Å². The second-order valence-corrected chi connectivity index (χ2v) is 13.8. The largest absolute Gasteiger partial charge is 0.496 e. The number of carbonyl (C=O) groups excluding carboxylic acids is 1. The number of ether oxygens (including phenoxy) is 2. The molecule has 200 valence electrons. The van der Waals surface area contributed by atoms with Gasteiger partial charge in [0, 0.05) is 40.8 Å². The summed E-state index contributed by atoms with van der Waals surface area (Å²) in [6.45, 7) is 8.68. The van der Waals surface area contributed by atoms with E-state index >= 15 is 0 Å². The fourth-order valence-electron chi connectivity index (χ4n) is 4.83. The summed E-state index contributed by atoms with van der Waals surface area (Å²) >= 11 is 1.44. The van der Waals surface area contributed by atoms with Crippen molar-refractivity contribution >= 4 is 39.7 Å². The van der Waals surface area contributed by atoms with Gasteiger partial charge in [0.15, 0.2) is 0 Å². The van der Waals surface area contributed by atoms with Crippen LogP contribution in [0.2, 0.25) is 0 Å². The highest BCUT2D eigenvalue weighted by molar-refractivity contribution is 8.24. The van der Waals surface area contributed by atoms with Crippen molar-refractivity contribution < 1.29 is 23.4 Å². The fraction of sp³-hybridized carbons (Fsp3) is 0.536. The normalized spacial score (nSPS) is 20.3. The third kappa shape index (κ3) is 6.15. The smallest absolute Gasteiger partial charge is 0.321 e. The Morgan fingerprint density at radius 2 is 1.86 bits per heavy atom. The summed E-state index contributed by atoms with van der Waals surface area (Å²) < 4.78 is 33.3. The molecule has 0 bridgehead atoms. The van der Waals surface area contributed by atoms with E-state index in [-0.39, 0.29) is 11.4 Å². The van der Waals surface area contributed by atoms with E-state index in [0.717, 1.165) is 42.6 Å². The summed E-state index contributed by atoms with van der Waals surface area (Å²) in [5.41, 5.74) is 2.37. The van der Waals surface area contributed by atoms with Gasteiger partial charge in [-0.25, -0.2) is 0 Å². The van der Waals surface area contributed by atoms with Gasteiger partial charge in [0.25, 0.3) is 0 Å². The Hall–Kier alpha value is -1.87. The molecule has 1 unspecified atom stereocenters. The molecule has 2 aromatic carbocycles. The van der Waals surface area contributed by atoms with Gasteiger partial charge < -0.3 is 14.4 Å². The SMILES string of the molecule is CCCCC1(CC)CN(c2ccccc2)c2cc(OC)c(CSC(C)(C)C(=O)OC)cc2S(O)(O)C1. The summed E-state index contributed by atoms with van der Waals surface area (Å²) in [4.78, 5) is 15.0. The van der Waals surface area contributed by atoms with Crippen LogP contribution in [0.4, 0.5) is 11.4 Å². The molecule has 1 aliphatic heterocycles. The number of thioether (sulfide) groups is 1. The van der Waals surface area contributed by atoms with Crippen LogP contribution in [0.5, 0.6) is 5.75 Å². The van der Waals surface area contributed by atoms with Crippen LogP contribution in [0.1, 0.15) is 58.9 Å². The zero-order valence-electron chi connectivity index (χ0n) is 22.4. The standard InChI is InChI=1S/C28H41NO5S2/c1-7-9-15-28(8-2)19-29(22-13-11-10-12-14-22)23-17-24(33-5)21(16-25(23)36(31,32)20-28)18-35-27(3,4)26(30)34-6/h10-14,16-17,31-32H,7-9,15,18-20H2,1-6H3. The number of esters is 1. The van der Waals surface area contributed by atoms with Crippen LogP contribution in [0, 0.1) is 5.41 Å². The minimum Gasteiger partial charge on any atom is -0.496 e. The molecule has 0 aromatic heterocycles. The molecule has 0 amide bonds. The van der Waals surface area contributed by atoms with E-state index in [1.54, 1.807) is 7.11 Å². The van der Waals surface area contributed by atoms with Gasteiger partial charge in [-0.15, -0.1) is 11.8 Å². The summed E-state index contributed by atoms with van der Waals surface area (Å²) in [5.74, 6) is 1.16. The van der Waals surface area contributed by atoms with Crippen molar-refractivity contribution in [2.75, 3.05) is 31.4 Å². The minimum absolute atomic E-state index is 0.237. The Morgan fingerprint density at radius 3 is 2.44 bits per heavy atom. The van der Waals surface area contributed by atoms with E-state index in [1.165, 1.54) is 18.9 Å². The van der Waals surface area contributed by atoms with Gasteiger partial charge in [-0.2, -0.15) is 10.6 Å².